The minimum atomic E-state index is -0.961. The molecule has 0 saturated carbocycles. The normalized spacial score (nSPS) is 13.4. The van der Waals surface area contributed by atoms with E-state index in [0.717, 1.165) is 18.4 Å². The number of nitrogens with two attached hydrogens (primary N) is 1. The van der Waals surface area contributed by atoms with Crippen molar-refractivity contribution in [2.24, 2.45) is 0 Å². The molecule has 29 heavy (non-hydrogen) atoms. The SMILES string of the molecule is COC(=O)C1=C(O)C(=O)c2cc3c(c(N)c(C)n3Cc3ccccc3)c(c2Br)O1. The van der Waals surface area contributed by atoms with E-state index in [1.165, 1.54) is 0 Å². The molecule has 3 aromatic rings. The lowest BCUT2D eigenvalue weighted by molar-refractivity contribution is -0.138. The lowest BCUT2D eigenvalue weighted by atomic mass is 10.1. The second-order valence-corrected chi connectivity index (χ2v) is 7.43. The third kappa shape index (κ3) is 2.87. The van der Waals surface area contributed by atoms with Gasteiger partial charge in [-0.25, -0.2) is 4.79 Å². The number of methoxy groups -OCH3 is 1. The fourth-order valence-corrected chi connectivity index (χ4v) is 4.02. The highest BCUT2D eigenvalue weighted by atomic mass is 79.9. The summed E-state index contributed by atoms with van der Waals surface area (Å²) in [7, 11) is 1.14. The summed E-state index contributed by atoms with van der Waals surface area (Å²) in [4.78, 5) is 24.9. The summed E-state index contributed by atoms with van der Waals surface area (Å²) in [6.45, 7) is 2.40. The van der Waals surface area contributed by atoms with Crippen molar-refractivity contribution in [1.29, 1.82) is 0 Å². The third-order valence-corrected chi connectivity index (χ3v) is 5.78. The highest BCUT2D eigenvalue weighted by Gasteiger charge is 2.34. The highest BCUT2D eigenvalue weighted by molar-refractivity contribution is 9.10. The summed E-state index contributed by atoms with van der Waals surface area (Å²) in [6.07, 6.45) is 0. The van der Waals surface area contributed by atoms with Crippen LogP contribution < -0.4 is 10.5 Å². The number of aliphatic hydroxyl groups excluding tert-OH is 1. The first-order valence-corrected chi connectivity index (χ1v) is 9.53. The van der Waals surface area contributed by atoms with E-state index in [0.29, 0.717) is 27.6 Å². The number of aromatic nitrogens is 1. The minimum absolute atomic E-state index is 0.163. The highest BCUT2D eigenvalue weighted by Crippen LogP contribution is 2.45. The number of carbonyl (C=O) groups excluding carboxylic acids is 2. The van der Waals surface area contributed by atoms with Crippen molar-refractivity contribution < 1.29 is 24.2 Å². The zero-order valence-corrected chi connectivity index (χ0v) is 17.2. The average Bonchev–Trinajstić information content (AvgIpc) is 2.94. The van der Waals surface area contributed by atoms with E-state index < -0.39 is 23.3 Å². The third-order valence-electron chi connectivity index (χ3n) is 4.99. The molecule has 8 heteroatoms. The molecule has 2 aromatic carbocycles. The number of rotatable bonds is 3. The Hall–Kier alpha value is -3.26. The van der Waals surface area contributed by atoms with E-state index in [1.807, 2.05) is 41.8 Å². The number of ether oxygens (including phenoxy) is 2. The Labute approximate surface area is 174 Å². The Bertz CT molecular complexity index is 1210. The number of ketones is 1. The van der Waals surface area contributed by atoms with Gasteiger partial charge in [0.25, 0.3) is 5.76 Å². The Morgan fingerprint density at radius 2 is 2.00 bits per heavy atom. The van der Waals surface area contributed by atoms with Gasteiger partial charge in [0.1, 0.15) is 0 Å². The van der Waals surface area contributed by atoms with Gasteiger partial charge in [0.2, 0.25) is 11.5 Å². The summed E-state index contributed by atoms with van der Waals surface area (Å²) in [6, 6.07) is 11.4. The van der Waals surface area contributed by atoms with Crippen molar-refractivity contribution in [2.75, 3.05) is 12.8 Å². The van der Waals surface area contributed by atoms with Crippen LogP contribution in [0.25, 0.3) is 10.9 Å². The molecule has 4 rings (SSSR count). The summed E-state index contributed by atoms with van der Waals surface area (Å²) >= 11 is 3.36. The van der Waals surface area contributed by atoms with E-state index >= 15 is 0 Å². The first-order valence-electron chi connectivity index (χ1n) is 8.74. The minimum Gasteiger partial charge on any atom is -0.501 e. The molecule has 3 N–H and O–H groups in total. The van der Waals surface area contributed by atoms with Gasteiger partial charge in [0, 0.05) is 17.8 Å². The Morgan fingerprint density at radius 1 is 1.31 bits per heavy atom. The van der Waals surface area contributed by atoms with Crippen molar-refractivity contribution in [2.45, 2.75) is 13.5 Å². The standard InChI is InChI=1S/C21H17BrN2O5/c1-10-16(23)14-13(24(10)9-11-6-4-3-5-7-11)8-12-15(22)19(14)29-20(21(27)28-2)18(26)17(12)25/h3-8,26H,9,23H2,1-2H3. The molecule has 7 nitrogen and oxygen atoms in total. The van der Waals surface area contributed by atoms with E-state index in [4.69, 9.17) is 10.5 Å². The number of nitrogens with zero attached hydrogens (tertiary/aromatic N) is 1. The van der Waals surface area contributed by atoms with Crippen LogP contribution in [-0.2, 0) is 16.1 Å². The van der Waals surface area contributed by atoms with Crippen LogP contribution in [0.5, 0.6) is 5.75 Å². The predicted octanol–water partition coefficient (Wildman–Crippen LogP) is 3.86. The maximum atomic E-state index is 12.8. The monoisotopic (exact) mass is 456 g/mol. The molecule has 0 radical (unpaired) electrons. The predicted molar refractivity (Wildman–Crippen MR) is 111 cm³/mol. The molecule has 0 spiro atoms. The zero-order chi connectivity index (χ0) is 20.9. The molecule has 0 aliphatic carbocycles. The van der Waals surface area contributed by atoms with Gasteiger partial charge < -0.3 is 24.9 Å². The van der Waals surface area contributed by atoms with E-state index in [1.54, 1.807) is 6.07 Å². The number of esters is 1. The molecule has 0 amide bonds. The van der Waals surface area contributed by atoms with Gasteiger partial charge in [-0.15, -0.1) is 0 Å². The molecule has 0 saturated heterocycles. The summed E-state index contributed by atoms with van der Waals surface area (Å²) < 4.78 is 12.6. The second kappa shape index (κ2) is 6.97. The van der Waals surface area contributed by atoms with Crippen LogP contribution >= 0.6 is 15.9 Å². The zero-order valence-electron chi connectivity index (χ0n) is 15.7. The van der Waals surface area contributed by atoms with Gasteiger partial charge in [0.05, 0.1) is 28.2 Å². The van der Waals surface area contributed by atoms with Crippen LogP contribution in [0.1, 0.15) is 21.6 Å². The first kappa shape index (κ1) is 19.1. The molecule has 1 aliphatic heterocycles. The fraction of sp³-hybridized carbons (Fsp3) is 0.143. The summed E-state index contributed by atoms with van der Waals surface area (Å²) in [5.41, 5.74) is 9.50. The van der Waals surface area contributed by atoms with Crippen LogP contribution in [0, 0.1) is 6.92 Å². The van der Waals surface area contributed by atoms with Crippen molar-refractivity contribution in [3.05, 3.63) is 69.2 Å². The lowest BCUT2D eigenvalue weighted by Gasteiger charge is -2.11. The average molecular weight is 457 g/mol. The number of benzene rings is 2. The van der Waals surface area contributed by atoms with Crippen LogP contribution in [0.4, 0.5) is 5.69 Å². The lowest BCUT2D eigenvalue weighted by Crippen LogP contribution is -2.16. The molecular formula is C21H17BrN2O5. The van der Waals surface area contributed by atoms with E-state index in [-0.39, 0.29) is 11.3 Å². The summed E-state index contributed by atoms with van der Waals surface area (Å²) in [5.74, 6) is -2.92. The largest absolute Gasteiger partial charge is 0.501 e. The number of aliphatic hydroxyl groups is 1. The smallest absolute Gasteiger partial charge is 0.378 e. The Morgan fingerprint density at radius 3 is 2.66 bits per heavy atom. The van der Waals surface area contributed by atoms with Gasteiger partial charge in [-0.05, 0) is 34.5 Å². The number of allylic oxidation sites excluding steroid dienone is 1. The number of hydrogen-bond donors (Lipinski definition) is 2. The number of anilines is 1. The Kier molecular flexibility index (Phi) is 4.58. The van der Waals surface area contributed by atoms with Crippen molar-refractivity contribution in [3.63, 3.8) is 0 Å². The number of nitrogen functional groups attached to an aromatic ring is 1. The Balaban J connectivity index is 2.00. The molecule has 0 unspecified atom stereocenters. The van der Waals surface area contributed by atoms with Crippen LogP contribution in [0.15, 0.2) is 52.4 Å². The van der Waals surface area contributed by atoms with Gasteiger partial charge in [-0.2, -0.15) is 0 Å². The molecule has 1 aliphatic rings. The number of hydrogen-bond acceptors (Lipinski definition) is 6. The topological polar surface area (TPSA) is 104 Å². The van der Waals surface area contributed by atoms with E-state index in [9.17, 15) is 14.7 Å². The number of Topliss-reactive ketones (excluding diaryl/α,β-unsaturated/α-hetero) is 1. The molecule has 2 heterocycles. The van der Waals surface area contributed by atoms with Crippen LogP contribution in [-0.4, -0.2) is 28.5 Å². The maximum absolute atomic E-state index is 12.8. The maximum Gasteiger partial charge on any atom is 0.378 e. The van der Waals surface area contributed by atoms with Gasteiger partial charge >= 0.3 is 5.97 Å². The number of halogens is 1. The summed E-state index contributed by atoms with van der Waals surface area (Å²) in [5, 5.41) is 10.8. The van der Waals surface area contributed by atoms with Crippen molar-refractivity contribution in [3.8, 4) is 5.75 Å². The van der Waals surface area contributed by atoms with Crippen LogP contribution in [0.3, 0.4) is 0 Å². The second-order valence-electron chi connectivity index (χ2n) is 6.63. The van der Waals surface area contributed by atoms with Gasteiger partial charge in [0.15, 0.2) is 5.75 Å². The molecule has 0 atom stereocenters. The molecular weight excluding hydrogens is 440 g/mol. The van der Waals surface area contributed by atoms with E-state index in [2.05, 4.69) is 20.7 Å². The number of fused-ring (bicyclic) bond motifs is 4. The van der Waals surface area contributed by atoms with Crippen molar-refractivity contribution in [1.82, 2.24) is 4.57 Å². The number of carbonyl (C=O) groups is 2. The first-order chi connectivity index (χ1) is 13.8. The van der Waals surface area contributed by atoms with Crippen molar-refractivity contribution >= 4 is 44.3 Å². The quantitative estimate of drug-likeness (QED) is 0.579. The van der Waals surface area contributed by atoms with Crippen LogP contribution in [0.2, 0.25) is 0 Å². The molecule has 1 aromatic heterocycles. The molecule has 148 valence electrons. The van der Waals surface area contributed by atoms with Gasteiger partial charge in [-0.1, -0.05) is 30.3 Å². The fourth-order valence-electron chi connectivity index (χ4n) is 3.44. The van der Waals surface area contributed by atoms with Gasteiger partial charge in [-0.3, -0.25) is 4.79 Å². The molecule has 0 fully saturated rings. The molecule has 2 bridgehead atoms.